The molecule has 74 valence electrons. The molecule has 0 bridgehead atoms. The van der Waals surface area contributed by atoms with Gasteiger partial charge in [-0.3, -0.25) is 0 Å². The van der Waals surface area contributed by atoms with Gasteiger partial charge in [-0.25, -0.2) is 0 Å². The average Bonchev–Trinajstić information content (AvgIpc) is 2.04. The number of hydrogen-bond donors (Lipinski definition) is 0. The van der Waals surface area contributed by atoms with Gasteiger partial charge in [0.15, 0.2) is 0 Å². The second-order valence-electron chi connectivity index (χ2n) is 4.31. The monoisotopic (exact) mass is 190 g/mol. The molecule has 0 heterocycles. The van der Waals surface area contributed by atoms with Gasteiger partial charge < -0.3 is 0 Å². The topological polar surface area (TPSA) is 0 Å². The first-order chi connectivity index (χ1) is 5.56. The van der Waals surface area contributed by atoms with E-state index in [0.717, 1.165) is 11.8 Å². The number of alkyl halides is 1. The van der Waals surface area contributed by atoms with Crippen LogP contribution in [-0.4, -0.2) is 5.88 Å². The number of unbranched alkanes of at least 4 members (excludes halogenated alkanes) is 1. The molecule has 0 aliphatic rings. The summed E-state index contributed by atoms with van der Waals surface area (Å²) in [5.74, 6) is 1.61. The molecule has 0 saturated heterocycles. The molecular formula is C11H23Cl. The van der Waals surface area contributed by atoms with Crippen molar-refractivity contribution >= 4 is 11.6 Å². The third-order valence-corrected chi connectivity index (χ3v) is 3.60. The Kier molecular flexibility index (Phi) is 6.00. The maximum Gasteiger partial charge on any atom is 0.0223 e. The highest BCUT2D eigenvalue weighted by atomic mass is 35.5. The van der Waals surface area contributed by atoms with Gasteiger partial charge >= 0.3 is 0 Å². The lowest BCUT2D eigenvalue weighted by Crippen LogP contribution is -2.22. The zero-order valence-electron chi connectivity index (χ0n) is 8.99. The lowest BCUT2D eigenvalue weighted by Gasteiger charge is -2.32. The van der Waals surface area contributed by atoms with Gasteiger partial charge in [0.05, 0.1) is 0 Å². The van der Waals surface area contributed by atoms with E-state index in [2.05, 4.69) is 27.7 Å². The fraction of sp³-hybridized carbons (Fsp3) is 1.00. The molecule has 0 aromatic carbocycles. The normalized spacial score (nSPS) is 16.5. The van der Waals surface area contributed by atoms with Crippen LogP contribution < -0.4 is 0 Å². The molecule has 0 aliphatic carbocycles. The Balaban J connectivity index is 3.80. The molecule has 0 spiro atoms. The average molecular weight is 191 g/mol. The second kappa shape index (κ2) is 5.85. The minimum atomic E-state index is 0.534. The SMILES string of the molecule is CCC(C)(CCCCCl)C(C)C. The third kappa shape index (κ3) is 3.80. The van der Waals surface area contributed by atoms with Crippen molar-refractivity contribution in [1.29, 1.82) is 0 Å². The molecule has 12 heavy (non-hydrogen) atoms. The smallest absolute Gasteiger partial charge is 0.0223 e. The fourth-order valence-electron chi connectivity index (χ4n) is 1.50. The van der Waals surface area contributed by atoms with Crippen molar-refractivity contribution in [2.45, 2.75) is 53.4 Å². The molecular weight excluding hydrogens is 168 g/mol. The Morgan fingerprint density at radius 2 is 1.83 bits per heavy atom. The molecule has 0 N–H and O–H groups in total. The Labute approximate surface area is 82.7 Å². The first-order valence-electron chi connectivity index (χ1n) is 5.12. The molecule has 0 rings (SSSR count). The summed E-state index contributed by atoms with van der Waals surface area (Å²) in [6, 6.07) is 0. The summed E-state index contributed by atoms with van der Waals surface area (Å²) in [6.07, 6.45) is 5.07. The van der Waals surface area contributed by atoms with Crippen molar-refractivity contribution in [1.82, 2.24) is 0 Å². The van der Waals surface area contributed by atoms with E-state index in [1.54, 1.807) is 0 Å². The van der Waals surface area contributed by atoms with Crippen LogP contribution in [0.1, 0.15) is 53.4 Å². The standard InChI is InChI=1S/C11H23Cl/c1-5-11(4,10(2)3)8-6-7-9-12/h10H,5-9H2,1-4H3. The van der Waals surface area contributed by atoms with Gasteiger partial charge in [0.2, 0.25) is 0 Å². The van der Waals surface area contributed by atoms with Crippen LogP contribution in [0, 0.1) is 11.3 Å². The van der Waals surface area contributed by atoms with Crippen LogP contribution in [0.5, 0.6) is 0 Å². The molecule has 0 aromatic rings. The molecule has 0 fully saturated rings. The summed E-state index contributed by atoms with van der Waals surface area (Å²) in [7, 11) is 0. The Hall–Kier alpha value is 0.290. The number of rotatable bonds is 6. The van der Waals surface area contributed by atoms with Gasteiger partial charge in [0.1, 0.15) is 0 Å². The number of hydrogen-bond acceptors (Lipinski definition) is 0. The molecule has 0 saturated carbocycles. The van der Waals surface area contributed by atoms with Gasteiger partial charge in [0, 0.05) is 5.88 Å². The minimum absolute atomic E-state index is 0.534. The van der Waals surface area contributed by atoms with Gasteiger partial charge in [-0.15, -0.1) is 11.6 Å². The van der Waals surface area contributed by atoms with E-state index in [1.807, 2.05) is 0 Å². The van der Waals surface area contributed by atoms with Gasteiger partial charge in [-0.05, 0) is 24.2 Å². The van der Waals surface area contributed by atoms with Gasteiger partial charge in [-0.2, -0.15) is 0 Å². The lowest BCUT2D eigenvalue weighted by atomic mass is 9.73. The van der Waals surface area contributed by atoms with Gasteiger partial charge in [-0.1, -0.05) is 40.5 Å². The molecule has 1 atom stereocenters. The summed E-state index contributed by atoms with van der Waals surface area (Å²) in [6.45, 7) is 9.33. The summed E-state index contributed by atoms with van der Waals surface area (Å²) < 4.78 is 0. The second-order valence-corrected chi connectivity index (χ2v) is 4.69. The van der Waals surface area contributed by atoms with Crippen LogP contribution in [0.4, 0.5) is 0 Å². The predicted octanol–water partition coefficient (Wildman–Crippen LogP) is 4.47. The van der Waals surface area contributed by atoms with Crippen molar-refractivity contribution in [2.75, 3.05) is 5.88 Å². The van der Waals surface area contributed by atoms with E-state index in [9.17, 15) is 0 Å². The Morgan fingerprint density at radius 1 is 1.25 bits per heavy atom. The van der Waals surface area contributed by atoms with E-state index < -0.39 is 0 Å². The summed E-state index contributed by atoms with van der Waals surface area (Å²) in [5.41, 5.74) is 0.534. The highest BCUT2D eigenvalue weighted by Crippen LogP contribution is 2.35. The minimum Gasteiger partial charge on any atom is -0.127 e. The zero-order valence-corrected chi connectivity index (χ0v) is 9.75. The van der Waals surface area contributed by atoms with Crippen LogP contribution in [-0.2, 0) is 0 Å². The first kappa shape index (κ1) is 12.3. The highest BCUT2D eigenvalue weighted by molar-refractivity contribution is 6.17. The van der Waals surface area contributed by atoms with Gasteiger partial charge in [0.25, 0.3) is 0 Å². The maximum atomic E-state index is 5.65. The van der Waals surface area contributed by atoms with E-state index in [0.29, 0.717) is 5.41 Å². The largest absolute Gasteiger partial charge is 0.127 e. The van der Waals surface area contributed by atoms with Crippen molar-refractivity contribution in [3.05, 3.63) is 0 Å². The highest BCUT2D eigenvalue weighted by Gasteiger charge is 2.24. The first-order valence-corrected chi connectivity index (χ1v) is 5.66. The maximum absolute atomic E-state index is 5.65. The summed E-state index contributed by atoms with van der Waals surface area (Å²) in [5, 5.41) is 0. The molecule has 0 radical (unpaired) electrons. The predicted molar refractivity (Wildman–Crippen MR) is 57.8 cm³/mol. The molecule has 1 heteroatoms. The van der Waals surface area contributed by atoms with E-state index in [4.69, 9.17) is 11.6 Å². The van der Waals surface area contributed by atoms with Crippen LogP contribution in [0.15, 0.2) is 0 Å². The zero-order chi connectivity index (χ0) is 9.61. The summed E-state index contributed by atoms with van der Waals surface area (Å²) in [4.78, 5) is 0. The Morgan fingerprint density at radius 3 is 2.17 bits per heavy atom. The lowest BCUT2D eigenvalue weighted by molar-refractivity contribution is 0.185. The molecule has 0 amide bonds. The van der Waals surface area contributed by atoms with Crippen LogP contribution in [0.25, 0.3) is 0 Å². The molecule has 1 unspecified atom stereocenters. The third-order valence-electron chi connectivity index (χ3n) is 3.33. The van der Waals surface area contributed by atoms with Crippen molar-refractivity contribution in [2.24, 2.45) is 11.3 Å². The molecule has 0 aromatic heterocycles. The van der Waals surface area contributed by atoms with Crippen LogP contribution >= 0.6 is 11.6 Å². The molecule has 0 nitrogen and oxygen atoms in total. The van der Waals surface area contributed by atoms with E-state index in [-0.39, 0.29) is 0 Å². The molecule has 0 aliphatic heterocycles. The van der Waals surface area contributed by atoms with Crippen molar-refractivity contribution < 1.29 is 0 Å². The fourth-order valence-corrected chi connectivity index (χ4v) is 1.69. The quantitative estimate of drug-likeness (QED) is 0.428. The van der Waals surface area contributed by atoms with E-state index in [1.165, 1.54) is 25.7 Å². The van der Waals surface area contributed by atoms with Crippen molar-refractivity contribution in [3.63, 3.8) is 0 Å². The Bertz CT molecular complexity index is 110. The number of halogens is 1. The van der Waals surface area contributed by atoms with Crippen LogP contribution in [0.2, 0.25) is 0 Å². The van der Waals surface area contributed by atoms with Crippen LogP contribution in [0.3, 0.4) is 0 Å². The van der Waals surface area contributed by atoms with Crippen molar-refractivity contribution in [3.8, 4) is 0 Å². The summed E-state index contributed by atoms with van der Waals surface area (Å²) >= 11 is 5.65. The van der Waals surface area contributed by atoms with E-state index >= 15 is 0 Å².